The number of amides is 1. The standard InChI is InChI=1S/C22H25BrN2O3S2/c1-3-15(2)28-20-9-4-16(12-19(20)23)13-24-25-21(26)14-27-18-7-5-17(6-8-18)22-29-10-11-30-22/h4-9,12-13,15,22H,3,10-11,14H2,1-2H3,(H,25,26)/b24-13-/t15-/m1/s1. The third-order valence-corrected chi connectivity index (χ3v) is 8.13. The van der Waals surface area contributed by atoms with Crippen molar-refractivity contribution in [1.82, 2.24) is 5.43 Å². The molecule has 3 rings (SSSR count). The van der Waals surface area contributed by atoms with Gasteiger partial charge in [-0.1, -0.05) is 19.1 Å². The van der Waals surface area contributed by atoms with Gasteiger partial charge in [0.05, 0.1) is 21.4 Å². The van der Waals surface area contributed by atoms with Crippen LogP contribution in [0.15, 0.2) is 52.0 Å². The van der Waals surface area contributed by atoms with Crippen LogP contribution in [0.1, 0.15) is 36.0 Å². The SMILES string of the molecule is CC[C@@H](C)Oc1ccc(/C=N\NC(=O)COc2ccc(C3SCCS3)cc2)cc1Br. The van der Waals surface area contributed by atoms with Gasteiger partial charge in [0.1, 0.15) is 11.5 Å². The second kappa shape index (κ2) is 11.7. The summed E-state index contributed by atoms with van der Waals surface area (Å²) in [4.78, 5) is 12.0. The molecule has 1 heterocycles. The van der Waals surface area contributed by atoms with Crippen molar-refractivity contribution in [2.45, 2.75) is 31.0 Å². The van der Waals surface area contributed by atoms with E-state index in [0.29, 0.717) is 10.3 Å². The number of thioether (sulfide) groups is 2. The number of nitrogens with one attached hydrogen (secondary N) is 1. The summed E-state index contributed by atoms with van der Waals surface area (Å²) >= 11 is 7.43. The van der Waals surface area contributed by atoms with E-state index in [4.69, 9.17) is 9.47 Å². The van der Waals surface area contributed by atoms with Gasteiger partial charge in [-0.3, -0.25) is 4.79 Å². The maximum Gasteiger partial charge on any atom is 0.277 e. The lowest BCUT2D eigenvalue weighted by Gasteiger charge is -2.14. The molecule has 2 aromatic rings. The fourth-order valence-electron chi connectivity index (χ4n) is 2.63. The summed E-state index contributed by atoms with van der Waals surface area (Å²) in [5.74, 6) is 3.54. The lowest BCUT2D eigenvalue weighted by Crippen LogP contribution is -2.24. The normalized spacial score (nSPS) is 15.3. The first-order valence-corrected chi connectivity index (χ1v) is 12.7. The predicted octanol–water partition coefficient (Wildman–Crippen LogP) is 5.63. The lowest BCUT2D eigenvalue weighted by atomic mass is 10.2. The Balaban J connectivity index is 1.44. The van der Waals surface area contributed by atoms with Crippen LogP contribution in [0.3, 0.4) is 0 Å². The van der Waals surface area contributed by atoms with Crippen LogP contribution < -0.4 is 14.9 Å². The number of hydrogen-bond donors (Lipinski definition) is 1. The molecule has 160 valence electrons. The highest BCUT2D eigenvalue weighted by Gasteiger charge is 2.18. The summed E-state index contributed by atoms with van der Waals surface area (Å²) in [7, 11) is 0. The van der Waals surface area contributed by atoms with Crippen LogP contribution in [0.25, 0.3) is 0 Å². The molecule has 0 bridgehead atoms. The minimum atomic E-state index is -0.312. The van der Waals surface area contributed by atoms with E-state index in [-0.39, 0.29) is 18.6 Å². The van der Waals surface area contributed by atoms with E-state index in [2.05, 4.69) is 45.5 Å². The van der Waals surface area contributed by atoms with Crippen molar-refractivity contribution in [3.05, 3.63) is 58.1 Å². The zero-order valence-electron chi connectivity index (χ0n) is 17.0. The molecule has 0 spiro atoms. The highest BCUT2D eigenvalue weighted by Crippen LogP contribution is 2.45. The van der Waals surface area contributed by atoms with Crippen molar-refractivity contribution < 1.29 is 14.3 Å². The van der Waals surface area contributed by atoms with Gasteiger partial charge in [0.25, 0.3) is 5.91 Å². The first kappa shape index (κ1) is 23.0. The Bertz CT molecular complexity index is 871. The maximum absolute atomic E-state index is 12.0. The Morgan fingerprint density at radius 1 is 1.27 bits per heavy atom. The van der Waals surface area contributed by atoms with Gasteiger partial charge in [-0.05, 0) is 70.7 Å². The topological polar surface area (TPSA) is 59.9 Å². The molecule has 0 unspecified atom stereocenters. The van der Waals surface area contributed by atoms with E-state index in [0.717, 1.165) is 22.2 Å². The minimum absolute atomic E-state index is 0.0883. The van der Waals surface area contributed by atoms with Gasteiger partial charge in [-0.15, -0.1) is 23.5 Å². The van der Waals surface area contributed by atoms with Crippen molar-refractivity contribution in [3.63, 3.8) is 0 Å². The number of hydrogen-bond acceptors (Lipinski definition) is 6. The lowest BCUT2D eigenvalue weighted by molar-refractivity contribution is -0.123. The third kappa shape index (κ3) is 6.96. The average molecular weight is 509 g/mol. The van der Waals surface area contributed by atoms with E-state index in [1.807, 2.05) is 60.8 Å². The predicted molar refractivity (Wildman–Crippen MR) is 130 cm³/mol. The van der Waals surface area contributed by atoms with Gasteiger partial charge in [-0.2, -0.15) is 5.10 Å². The van der Waals surface area contributed by atoms with Crippen LogP contribution in [0, 0.1) is 0 Å². The summed E-state index contributed by atoms with van der Waals surface area (Å²) in [6.45, 7) is 4.02. The molecule has 0 saturated carbocycles. The average Bonchev–Trinajstić information content (AvgIpc) is 3.29. The Hall–Kier alpha value is -1.64. The van der Waals surface area contributed by atoms with Crippen LogP contribution in [0.4, 0.5) is 0 Å². The van der Waals surface area contributed by atoms with Crippen LogP contribution in [-0.4, -0.2) is 36.3 Å². The molecule has 1 N–H and O–H groups in total. The van der Waals surface area contributed by atoms with Crippen molar-refractivity contribution in [3.8, 4) is 11.5 Å². The number of halogens is 1. The molecular formula is C22H25BrN2O3S2. The molecular weight excluding hydrogens is 484 g/mol. The molecule has 8 heteroatoms. The van der Waals surface area contributed by atoms with Gasteiger partial charge in [0.2, 0.25) is 0 Å². The molecule has 30 heavy (non-hydrogen) atoms. The van der Waals surface area contributed by atoms with Gasteiger partial charge >= 0.3 is 0 Å². The van der Waals surface area contributed by atoms with Crippen molar-refractivity contribution in [2.24, 2.45) is 5.10 Å². The fraction of sp³-hybridized carbons (Fsp3) is 0.364. The Morgan fingerprint density at radius 2 is 2.00 bits per heavy atom. The largest absolute Gasteiger partial charge is 0.490 e. The summed E-state index contributed by atoms with van der Waals surface area (Å²) in [6.07, 6.45) is 2.67. The Kier molecular flexibility index (Phi) is 8.96. The maximum atomic E-state index is 12.0. The number of carbonyl (C=O) groups is 1. The number of carbonyl (C=O) groups excluding carboxylic acids is 1. The number of ether oxygens (including phenoxy) is 2. The molecule has 1 aliphatic rings. The highest BCUT2D eigenvalue weighted by atomic mass is 79.9. The minimum Gasteiger partial charge on any atom is -0.490 e. The highest BCUT2D eigenvalue weighted by molar-refractivity contribution is 9.10. The molecule has 0 aromatic heterocycles. The molecule has 0 radical (unpaired) electrons. The van der Waals surface area contributed by atoms with E-state index < -0.39 is 0 Å². The van der Waals surface area contributed by atoms with Gasteiger partial charge in [0.15, 0.2) is 6.61 Å². The molecule has 1 fully saturated rings. The van der Waals surface area contributed by atoms with E-state index in [1.54, 1.807) is 6.21 Å². The molecule has 2 aromatic carbocycles. The number of rotatable bonds is 9. The summed E-state index contributed by atoms with van der Waals surface area (Å²) in [5.41, 5.74) is 4.62. The van der Waals surface area contributed by atoms with Crippen LogP contribution in [-0.2, 0) is 4.79 Å². The summed E-state index contributed by atoms with van der Waals surface area (Å²) in [5, 5.41) is 4.00. The third-order valence-electron chi connectivity index (χ3n) is 4.41. The Morgan fingerprint density at radius 3 is 2.67 bits per heavy atom. The zero-order valence-corrected chi connectivity index (χ0v) is 20.2. The van der Waals surface area contributed by atoms with Crippen molar-refractivity contribution in [1.29, 1.82) is 0 Å². The quantitative estimate of drug-likeness (QED) is 0.351. The second-order valence-electron chi connectivity index (χ2n) is 6.75. The molecule has 0 aliphatic carbocycles. The monoisotopic (exact) mass is 508 g/mol. The first-order chi connectivity index (χ1) is 14.5. The number of hydrazone groups is 1. The van der Waals surface area contributed by atoms with Crippen LogP contribution >= 0.6 is 39.5 Å². The van der Waals surface area contributed by atoms with Gasteiger partial charge < -0.3 is 9.47 Å². The molecule has 1 atom stereocenters. The molecule has 5 nitrogen and oxygen atoms in total. The summed E-state index contributed by atoms with van der Waals surface area (Å²) in [6, 6.07) is 13.6. The summed E-state index contributed by atoms with van der Waals surface area (Å²) < 4.78 is 12.7. The first-order valence-electron chi connectivity index (χ1n) is 9.79. The van der Waals surface area contributed by atoms with E-state index in [1.165, 1.54) is 17.1 Å². The van der Waals surface area contributed by atoms with Crippen molar-refractivity contribution >= 4 is 51.6 Å². The van der Waals surface area contributed by atoms with Crippen LogP contribution in [0.2, 0.25) is 0 Å². The van der Waals surface area contributed by atoms with Gasteiger partial charge in [0, 0.05) is 11.5 Å². The smallest absolute Gasteiger partial charge is 0.277 e. The van der Waals surface area contributed by atoms with E-state index in [9.17, 15) is 4.79 Å². The molecule has 1 amide bonds. The number of benzene rings is 2. The van der Waals surface area contributed by atoms with Crippen molar-refractivity contribution in [2.75, 3.05) is 18.1 Å². The number of nitrogens with zero attached hydrogens (tertiary/aromatic N) is 1. The molecule has 1 saturated heterocycles. The second-order valence-corrected chi connectivity index (χ2v) is 10.3. The zero-order chi connectivity index (χ0) is 21.3. The fourth-order valence-corrected chi connectivity index (χ4v) is 5.97. The Labute approximate surface area is 194 Å². The van der Waals surface area contributed by atoms with Crippen LogP contribution in [0.5, 0.6) is 11.5 Å². The van der Waals surface area contributed by atoms with Gasteiger partial charge in [-0.25, -0.2) is 5.43 Å². The van der Waals surface area contributed by atoms with E-state index >= 15 is 0 Å². The molecule has 1 aliphatic heterocycles.